The Labute approximate surface area is 174 Å². The third-order valence-electron chi connectivity index (χ3n) is 4.57. The molecule has 0 atom stereocenters. The van der Waals surface area contributed by atoms with Crippen LogP contribution in [-0.2, 0) is 20.1 Å². The largest absolute Gasteiger partial charge is 0.296 e. The van der Waals surface area contributed by atoms with Gasteiger partial charge in [-0.25, -0.2) is 0 Å². The van der Waals surface area contributed by atoms with Crippen molar-refractivity contribution in [3.8, 4) is 22.4 Å². The molecule has 0 saturated heterocycles. The first-order valence-corrected chi connectivity index (χ1v) is 8.97. The number of aromatic nitrogens is 1. The zero-order valence-electron chi connectivity index (χ0n) is 13.7. The molecule has 0 saturated carbocycles. The molecule has 1 radical (unpaired) electrons. The Bertz CT molecular complexity index is 1160. The van der Waals surface area contributed by atoms with E-state index in [9.17, 15) is 0 Å². The zero-order valence-corrected chi connectivity index (χ0v) is 17.6. The molecule has 4 aromatic rings. The van der Waals surface area contributed by atoms with Gasteiger partial charge in [0.2, 0.25) is 0 Å². The number of hydrogen-bond donors (Lipinski definition) is 0. The minimum absolute atomic E-state index is 0. The molecule has 5 rings (SSSR count). The summed E-state index contributed by atoms with van der Waals surface area (Å²) in [7, 11) is 0. The average molecular weight is 575 g/mol. The predicted molar refractivity (Wildman–Crippen MR) is 108 cm³/mol. The van der Waals surface area contributed by atoms with Crippen molar-refractivity contribution >= 4 is 39.0 Å². The van der Waals surface area contributed by atoms with Gasteiger partial charge in [-0.05, 0) is 40.6 Å². The second kappa shape index (κ2) is 6.92. The van der Waals surface area contributed by atoms with Crippen molar-refractivity contribution in [2.75, 3.05) is 0 Å². The molecular formula is C23H13BrIrN-. The average Bonchev–Trinajstić information content (AvgIpc) is 3.07. The second-order valence-corrected chi connectivity index (χ2v) is 7.09. The van der Waals surface area contributed by atoms with Crippen LogP contribution in [0, 0.1) is 6.07 Å². The Hall–Kier alpha value is -2.06. The molecule has 3 heteroatoms. The van der Waals surface area contributed by atoms with Crippen LogP contribution in [0.5, 0.6) is 0 Å². The van der Waals surface area contributed by atoms with Crippen molar-refractivity contribution < 1.29 is 20.1 Å². The van der Waals surface area contributed by atoms with Crippen LogP contribution in [0.2, 0.25) is 0 Å². The van der Waals surface area contributed by atoms with E-state index in [-0.39, 0.29) is 20.1 Å². The molecule has 0 unspecified atom stereocenters. The summed E-state index contributed by atoms with van der Waals surface area (Å²) in [6, 6.07) is 26.3. The number of nitrogens with zero attached hydrogens (tertiary/aromatic N) is 1. The third kappa shape index (κ3) is 2.97. The monoisotopic (exact) mass is 575 g/mol. The van der Waals surface area contributed by atoms with Crippen molar-refractivity contribution in [1.82, 2.24) is 4.98 Å². The van der Waals surface area contributed by atoms with Crippen LogP contribution in [-0.4, -0.2) is 4.98 Å². The summed E-state index contributed by atoms with van der Waals surface area (Å²) in [4.78, 5) is 4.88. The van der Waals surface area contributed by atoms with Crippen LogP contribution in [0.15, 0.2) is 71.2 Å². The number of hydrogen-bond acceptors (Lipinski definition) is 1. The Kier molecular flexibility index (Phi) is 4.62. The molecule has 0 fully saturated rings. The molecule has 0 spiro atoms. The van der Waals surface area contributed by atoms with Crippen LogP contribution in [0.4, 0.5) is 0 Å². The number of halogens is 1. The fourth-order valence-electron chi connectivity index (χ4n) is 3.40. The molecule has 1 aliphatic carbocycles. The fourth-order valence-corrected chi connectivity index (χ4v) is 3.80. The van der Waals surface area contributed by atoms with Gasteiger partial charge in [-0.1, -0.05) is 58.4 Å². The molecule has 3 aromatic carbocycles. The standard InChI is InChI=1S/C23H13BrN.Ir/c24-20-8-2-6-17(13-20)16-5-1-7-18(12-16)22-14-19-11-10-15-4-3-9-21(25-22)23(15)19;/h1-6,8-14H;/q-1;. The summed E-state index contributed by atoms with van der Waals surface area (Å²) in [5.41, 5.74) is 7.84. The number of benzene rings is 3. The summed E-state index contributed by atoms with van der Waals surface area (Å²) >= 11 is 3.55. The first kappa shape index (κ1) is 17.4. The fraction of sp³-hybridized carbons (Fsp3) is 0. The van der Waals surface area contributed by atoms with E-state index in [0.717, 1.165) is 26.8 Å². The Balaban J connectivity index is 0.00000168. The van der Waals surface area contributed by atoms with Gasteiger partial charge in [0.05, 0.1) is 5.52 Å². The van der Waals surface area contributed by atoms with Gasteiger partial charge < -0.3 is 0 Å². The maximum Gasteiger partial charge on any atom is 0.0607 e. The minimum Gasteiger partial charge on any atom is -0.296 e. The molecule has 0 amide bonds. The Morgan fingerprint density at radius 2 is 1.62 bits per heavy atom. The molecular weight excluding hydrogens is 562 g/mol. The summed E-state index contributed by atoms with van der Waals surface area (Å²) in [6.45, 7) is 0. The molecule has 127 valence electrons. The molecule has 0 N–H and O–H groups in total. The van der Waals surface area contributed by atoms with E-state index in [1.54, 1.807) is 0 Å². The van der Waals surface area contributed by atoms with E-state index in [4.69, 9.17) is 4.98 Å². The van der Waals surface area contributed by atoms with Gasteiger partial charge in [-0.2, -0.15) is 0 Å². The Morgan fingerprint density at radius 1 is 0.808 bits per heavy atom. The van der Waals surface area contributed by atoms with Crippen molar-refractivity contribution in [3.05, 3.63) is 88.4 Å². The minimum atomic E-state index is 0. The van der Waals surface area contributed by atoms with Gasteiger partial charge in [0.15, 0.2) is 0 Å². The molecule has 0 aliphatic heterocycles. The van der Waals surface area contributed by atoms with Crippen molar-refractivity contribution in [2.24, 2.45) is 0 Å². The summed E-state index contributed by atoms with van der Waals surface area (Å²) in [5.74, 6) is 0. The van der Waals surface area contributed by atoms with Gasteiger partial charge in [0, 0.05) is 30.0 Å². The first-order valence-electron chi connectivity index (χ1n) is 8.18. The first-order chi connectivity index (χ1) is 12.3. The normalized spacial score (nSPS) is 11.6. The van der Waals surface area contributed by atoms with Crippen LogP contribution >= 0.6 is 15.9 Å². The molecule has 1 heterocycles. The van der Waals surface area contributed by atoms with E-state index < -0.39 is 0 Å². The van der Waals surface area contributed by atoms with Gasteiger partial charge in [0.25, 0.3) is 0 Å². The van der Waals surface area contributed by atoms with Gasteiger partial charge in [0.1, 0.15) is 0 Å². The van der Waals surface area contributed by atoms with Crippen LogP contribution in [0.1, 0.15) is 11.1 Å². The summed E-state index contributed by atoms with van der Waals surface area (Å²) < 4.78 is 1.08. The molecule has 1 aromatic heterocycles. The quantitative estimate of drug-likeness (QED) is 0.216. The van der Waals surface area contributed by atoms with Crippen molar-refractivity contribution in [1.29, 1.82) is 0 Å². The predicted octanol–water partition coefficient (Wildman–Crippen LogP) is 6.61. The number of rotatable bonds is 2. The van der Waals surface area contributed by atoms with Crippen LogP contribution in [0.3, 0.4) is 0 Å². The van der Waals surface area contributed by atoms with Gasteiger partial charge >= 0.3 is 0 Å². The van der Waals surface area contributed by atoms with Gasteiger partial charge in [-0.15, -0.1) is 35.4 Å². The summed E-state index contributed by atoms with van der Waals surface area (Å²) in [5, 5.41) is 1.24. The van der Waals surface area contributed by atoms with Crippen molar-refractivity contribution in [3.63, 3.8) is 0 Å². The van der Waals surface area contributed by atoms with E-state index in [0.29, 0.717) is 0 Å². The second-order valence-electron chi connectivity index (χ2n) is 6.17. The molecule has 1 aliphatic rings. The molecule has 26 heavy (non-hydrogen) atoms. The zero-order chi connectivity index (χ0) is 16.8. The van der Waals surface area contributed by atoms with Crippen LogP contribution in [0.25, 0.3) is 45.4 Å². The van der Waals surface area contributed by atoms with E-state index in [1.165, 1.54) is 22.1 Å². The third-order valence-corrected chi connectivity index (χ3v) is 5.07. The van der Waals surface area contributed by atoms with Crippen molar-refractivity contribution in [2.45, 2.75) is 0 Å². The molecule has 0 bridgehead atoms. The van der Waals surface area contributed by atoms with E-state index in [2.05, 4.69) is 88.7 Å². The Morgan fingerprint density at radius 3 is 2.50 bits per heavy atom. The van der Waals surface area contributed by atoms with E-state index >= 15 is 0 Å². The van der Waals surface area contributed by atoms with Gasteiger partial charge in [-0.3, -0.25) is 4.98 Å². The topological polar surface area (TPSA) is 12.9 Å². The molecule has 1 nitrogen and oxygen atoms in total. The maximum atomic E-state index is 4.88. The summed E-state index contributed by atoms with van der Waals surface area (Å²) in [6.07, 6.45) is 4.33. The number of pyridine rings is 1. The smallest absolute Gasteiger partial charge is 0.0607 e. The van der Waals surface area contributed by atoms with Crippen LogP contribution < -0.4 is 0 Å². The SMILES string of the molecule is Brc1cccc(-c2cc[c-]c(-c3cc4c5c(cccc5n3)C=C4)c2)c1.[Ir]. The maximum absolute atomic E-state index is 4.88. The van der Waals surface area contributed by atoms with E-state index in [1.807, 2.05) is 12.1 Å².